The van der Waals surface area contributed by atoms with Crippen LogP contribution < -0.4 is 0 Å². The van der Waals surface area contributed by atoms with E-state index in [4.69, 9.17) is 15.5 Å². The van der Waals surface area contributed by atoms with E-state index >= 15 is 0 Å². The van der Waals surface area contributed by atoms with Crippen LogP contribution in [0.15, 0.2) is 28.8 Å². The van der Waals surface area contributed by atoms with Gasteiger partial charge in [0.15, 0.2) is 5.17 Å². The number of hydrogen-bond acceptors (Lipinski definition) is 4. The average Bonchev–Trinajstić information content (AvgIpc) is 3.50. The fourth-order valence-corrected chi connectivity index (χ4v) is 6.67. The zero-order chi connectivity index (χ0) is 20.3. The molecule has 29 heavy (non-hydrogen) atoms. The zero-order valence-corrected chi connectivity index (χ0v) is 18.0. The average molecular weight is 405 g/mol. The molecule has 0 aromatic heterocycles. The van der Waals surface area contributed by atoms with Crippen LogP contribution in [0.5, 0.6) is 0 Å². The van der Waals surface area contributed by atoms with Crippen LogP contribution in [0.4, 0.5) is 5.69 Å². The summed E-state index contributed by atoms with van der Waals surface area (Å²) in [5, 5.41) is 19.3. The van der Waals surface area contributed by atoms with Gasteiger partial charge in [-0.15, -0.1) is 0 Å². The second-order valence-electron chi connectivity index (χ2n) is 8.45. The standard InChI is InChI=1S/C24H28N4S/c1-2-20-14-18(13-19(15-25)16-26)9-10-22(20)27-23-28(21-7-3-4-8-21)24(17-29-23)11-5-6-12-24/h9-10,13-14,21H,2-8,11-12,17H2,1H3/b27-23-. The molecule has 3 fully saturated rings. The highest BCUT2D eigenvalue weighted by molar-refractivity contribution is 8.14. The van der Waals surface area contributed by atoms with Gasteiger partial charge >= 0.3 is 0 Å². The summed E-state index contributed by atoms with van der Waals surface area (Å²) in [7, 11) is 0. The molecular weight excluding hydrogens is 376 g/mol. The van der Waals surface area contributed by atoms with Gasteiger partial charge < -0.3 is 4.90 Å². The first kappa shape index (κ1) is 20.0. The van der Waals surface area contributed by atoms with Gasteiger partial charge in [0.2, 0.25) is 0 Å². The molecule has 1 saturated heterocycles. The van der Waals surface area contributed by atoms with Crippen LogP contribution in [-0.4, -0.2) is 27.4 Å². The molecule has 3 aliphatic rings. The fraction of sp³-hybridized carbons (Fsp3) is 0.542. The van der Waals surface area contributed by atoms with Crippen LogP contribution >= 0.6 is 11.8 Å². The Labute approximate surface area is 178 Å². The lowest BCUT2D eigenvalue weighted by molar-refractivity contribution is 0.163. The van der Waals surface area contributed by atoms with E-state index in [-0.39, 0.29) is 5.57 Å². The van der Waals surface area contributed by atoms with E-state index in [1.807, 2.05) is 30.0 Å². The molecule has 0 atom stereocenters. The molecular formula is C24H28N4S. The van der Waals surface area contributed by atoms with E-state index < -0.39 is 0 Å². The zero-order valence-electron chi connectivity index (χ0n) is 17.2. The molecule has 0 radical (unpaired) electrons. The SMILES string of the molecule is CCc1cc(C=C(C#N)C#N)ccc1/N=C1\SCC2(CCCC2)N1C1CCCC1. The van der Waals surface area contributed by atoms with Gasteiger partial charge in [-0.2, -0.15) is 10.5 Å². The van der Waals surface area contributed by atoms with Crippen molar-refractivity contribution in [3.8, 4) is 12.1 Å². The second-order valence-corrected chi connectivity index (χ2v) is 9.39. The van der Waals surface area contributed by atoms with Crippen LogP contribution in [0.2, 0.25) is 0 Å². The lowest BCUT2D eigenvalue weighted by atomic mass is 9.95. The molecule has 5 heteroatoms. The van der Waals surface area contributed by atoms with Crippen molar-refractivity contribution in [1.82, 2.24) is 4.90 Å². The maximum absolute atomic E-state index is 9.02. The minimum atomic E-state index is 0.132. The van der Waals surface area contributed by atoms with Crippen LogP contribution in [-0.2, 0) is 6.42 Å². The van der Waals surface area contributed by atoms with E-state index in [2.05, 4.69) is 24.0 Å². The highest BCUT2D eigenvalue weighted by atomic mass is 32.2. The van der Waals surface area contributed by atoms with Crippen molar-refractivity contribution >= 4 is 28.7 Å². The van der Waals surface area contributed by atoms with Gasteiger partial charge in [0.05, 0.1) is 11.2 Å². The predicted octanol–water partition coefficient (Wildman–Crippen LogP) is 5.97. The third kappa shape index (κ3) is 3.94. The van der Waals surface area contributed by atoms with Gasteiger partial charge in [0.25, 0.3) is 0 Å². The number of nitriles is 2. The van der Waals surface area contributed by atoms with Crippen molar-refractivity contribution in [3.63, 3.8) is 0 Å². The molecule has 2 saturated carbocycles. The molecule has 4 rings (SSSR count). The largest absolute Gasteiger partial charge is 0.342 e. The van der Waals surface area contributed by atoms with E-state index in [1.165, 1.54) is 67.9 Å². The maximum atomic E-state index is 9.02. The van der Waals surface area contributed by atoms with Crippen molar-refractivity contribution < 1.29 is 0 Å². The number of aryl methyl sites for hydroxylation is 1. The molecule has 0 unspecified atom stereocenters. The number of rotatable bonds is 4. The number of nitrogens with zero attached hydrogens (tertiary/aromatic N) is 4. The lowest BCUT2D eigenvalue weighted by Crippen LogP contribution is -2.50. The summed E-state index contributed by atoms with van der Waals surface area (Å²) >= 11 is 1.95. The third-order valence-corrected chi connectivity index (χ3v) is 7.89. The Morgan fingerprint density at radius 3 is 2.59 bits per heavy atom. The second kappa shape index (κ2) is 8.64. The molecule has 1 aromatic rings. The molecule has 150 valence electrons. The first-order valence-corrected chi connectivity index (χ1v) is 11.8. The Bertz CT molecular complexity index is 890. The molecule has 0 N–H and O–H groups in total. The maximum Gasteiger partial charge on any atom is 0.165 e. The third-order valence-electron chi connectivity index (χ3n) is 6.66. The number of thioether (sulfide) groups is 1. The monoisotopic (exact) mass is 404 g/mol. The van der Waals surface area contributed by atoms with E-state index in [1.54, 1.807) is 6.08 Å². The predicted molar refractivity (Wildman–Crippen MR) is 120 cm³/mol. The van der Waals surface area contributed by atoms with Gasteiger partial charge in [0.1, 0.15) is 17.7 Å². The molecule has 1 spiro atoms. The fourth-order valence-electron chi connectivity index (χ4n) is 5.20. The van der Waals surface area contributed by atoms with Gasteiger partial charge in [0, 0.05) is 11.8 Å². The summed E-state index contributed by atoms with van der Waals surface area (Å²) in [5.74, 6) is 1.18. The van der Waals surface area contributed by atoms with Gasteiger partial charge in [-0.25, -0.2) is 4.99 Å². The van der Waals surface area contributed by atoms with Gasteiger partial charge in [-0.1, -0.05) is 50.4 Å². The smallest absolute Gasteiger partial charge is 0.165 e. The van der Waals surface area contributed by atoms with Crippen LogP contribution in [0, 0.1) is 22.7 Å². The van der Waals surface area contributed by atoms with Crippen molar-refractivity contribution in [2.45, 2.75) is 76.3 Å². The van der Waals surface area contributed by atoms with Crippen molar-refractivity contribution in [2.24, 2.45) is 4.99 Å². The number of hydrogen-bond donors (Lipinski definition) is 0. The Morgan fingerprint density at radius 2 is 1.93 bits per heavy atom. The minimum Gasteiger partial charge on any atom is -0.342 e. The number of amidine groups is 1. The van der Waals surface area contributed by atoms with Crippen molar-refractivity contribution in [3.05, 3.63) is 34.9 Å². The Hall–Kier alpha value is -2.24. The van der Waals surface area contributed by atoms with E-state index in [9.17, 15) is 0 Å². The van der Waals surface area contributed by atoms with Crippen LogP contribution in [0.1, 0.15) is 69.4 Å². The quantitative estimate of drug-likeness (QED) is 0.580. The highest BCUT2D eigenvalue weighted by Crippen LogP contribution is 2.48. The Kier molecular flexibility index (Phi) is 5.97. The van der Waals surface area contributed by atoms with Gasteiger partial charge in [-0.05, 0) is 61.4 Å². The molecule has 0 bridgehead atoms. The van der Waals surface area contributed by atoms with Crippen LogP contribution in [0.25, 0.3) is 6.08 Å². The summed E-state index contributed by atoms with van der Waals surface area (Å²) in [6, 6.07) is 10.6. The highest BCUT2D eigenvalue weighted by Gasteiger charge is 2.49. The summed E-state index contributed by atoms with van der Waals surface area (Å²) in [5.41, 5.74) is 3.56. The van der Waals surface area contributed by atoms with E-state index in [0.717, 1.165) is 17.7 Å². The lowest BCUT2D eigenvalue weighted by Gasteiger charge is -2.40. The summed E-state index contributed by atoms with van der Waals surface area (Å²) in [4.78, 5) is 7.92. The normalized spacial score (nSPS) is 22.2. The van der Waals surface area contributed by atoms with Crippen molar-refractivity contribution in [2.75, 3.05) is 5.75 Å². The molecule has 0 amide bonds. The molecule has 4 nitrogen and oxygen atoms in total. The topological polar surface area (TPSA) is 63.2 Å². The first-order chi connectivity index (χ1) is 14.2. The number of aliphatic imine (C=N–C) groups is 1. The molecule has 2 aliphatic carbocycles. The molecule has 1 heterocycles. The van der Waals surface area contributed by atoms with Crippen molar-refractivity contribution in [1.29, 1.82) is 10.5 Å². The van der Waals surface area contributed by atoms with E-state index in [0.29, 0.717) is 11.6 Å². The Balaban J connectivity index is 1.68. The first-order valence-electron chi connectivity index (χ1n) is 10.8. The summed E-state index contributed by atoms with van der Waals surface area (Å²) < 4.78 is 0. The number of allylic oxidation sites excluding steroid dienone is 1. The number of benzene rings is 1. The Morgan fingerprint density at radius 1 is 1.21 bits per heavy atom. The summed E-state index contributed by atoms with van der Waals surface area (Å²) in [6.45, 7) is 2.14. The van der Waals surface area contributed by atoms with Gasteiger partial charge in [-0.3, -0.25) is 0 Å². The molecule has 1 aliphatic heterocycles. The minimum absolute atomic E-state index is 0.132. The van der Waals surface area contributed by atoms with Crippen LogP contribution in [0.3, 0.4) is 0 Å². The molecule has 1 aromatic carbocycles. The summed E-state index contributed by atoms with van der Waals surface area (Å²) in [6.07, 6.45) is 13.1.